The van der Waals surface area contributed by atoms with Gasteiger partial charge in [0.15, 0.2) is 0 Å². The van der Waals surface area contributed by atoms with Gasteiger partial charge in [0.05, 0.1) is 21.6 Å². The number of H-pyrrole nitrogens is 1. The van der Waals surface area contributed by atoms with Gasteiger partial charge in [-0.2, -0.15) is 0 Å². The number of fused-ring (bicyclic) bond motifs is 1. The molecule has 1 heterocycles. The van der Waals surface area contributed by atoms with Crippen LogP contribution in [0.1, 0.15) is 22.6 Å². The molecule has 0 fully saturated rings. The predicted molar refractivity (Wildman–Crippen MR) is 120 cm³/mol. The van der Waals surface area contributed by atoms with Crippen LogP contribution in [0.15, 0.2) is 77.7 Å². The Bertz CT molecular complexity index is 1340. The van der Waals surface area contributed by atoms with Crippen LogP contribution in [0.25, 0.3) is 11.0 Å². The van der Waals surface area contributed by atoms with E-state index in [2.05, 4.69) is 20.0 Å². The number of sulfonamides is 1. The lowest BCUT2D eigenvalue weighted by atomic mass is 10.2. The summed E-state index contributed by atoms with van der Waals surface area (Å²) in [5.41, 5.74) is 1.90. The van der Waals surface area contributed by atoms with E-state index in [4.69, 9.17) is 0 Å². The fourth-order valence-corrected chi connectivity index (χ4v) is 4.35. The van der Waals surface area contributed by atoms with Crippen LogP contribution in [-0.2, 0) is 16.4 Å². The lowest BCUT2D eigenvalue weighted by Gasteiger charge is -2.10. The number of aromatic amines is 1. The lowest BCUT2D eigenvalue weighted by molar-refractivity contribution is 0.0953. The molecular formula is C23H21FN4O3S. The molecule has 7 nitrogen and oxygen atoms in total. The number of nitrogens with zero attached hydrogens (tertiary/aromatic N) is 1. The number of hydrogen-bond donors (Lipinski definition) is 3. The van der Waals surface area contributed by atoms with E-state index in [-0.39, 0.29) is 16.1 Å². The van der Waals surface area contributed by atoms with Crippen molar-refractivity contribution in [1.82, 2.24) is 15.3 Å². The fraction of sp³-hybridized carbons (Fsp3) is 0.130. The first-order valence-electron chi connectivity index (χ1n) is 10.0. The molecule has 0 atom stereocenters. The van der Waals surface area contributed by atoms with Crippen LogP contribution in [0.5, 0.6) is 0 Å². The van der Waals surface area contributed by atoms with Gasteiger partial charge in [-0.1, -0.05) is 30.3 Å². The zero-order valence-corrected chi connectivity index (χ0v) is 17.8. The molecule has 4 aromatic rings. The summed E-state index contributed by atoms with van der Waals surface area (Å²) in [4.78, 5) is 20.1. The molecule has 0 unspecified atom stereocenters. The van der Waals surface area contributed by atoms with Crippen molar-refractivity contribution in [2.24, 2.45) is 0 Å². The molecule has 1 amide bonds. The van der Waals surface area contributed by atoms with E-state index < -0.39 is 21.7 Å². The van der Waals surface area contributed by atoms with E-state index in [1.165, 1.54) is 42.5 Å². The number of anilines is 1. The van der Waals surface area contributed by atoms with Crippen LogP contribution in [0, 0.1) is 5.82 Å². The molecule has 32 heavy (non-hydrogen) atoms. The number of amides is 1. The van der Waals surface area contributed by atoms with E-state index in [1.54, 1.807) is 0 Å². The van der Waals surface area contributed by atoms with Crippen molar-refractivity contribution in [3.05, 3.63) is 90.0 Å². The number of halogens is 1. The molecule has 1 aromatic heterocycles. The maximum atomic E-state index is 13.8. The molecule has 3 N–H and O–H groups in total. The van der Waals surface area contributed by atoms with Gasteiger partial charge in [-0.3, -0.25) is 9.52 Å². The number of carbonyl (C=O) groups is 1. The zero-order chi connectivity index (χ0) is 22.6. The molecule has 0 aliphatic carbocycles. The summed E-state index contributed by atoms with van der Waals surface area (Å²) in [5.74, 6) is -0.236. The summed E-state index contributed by atoms with van der Waals surface area (Å²) in [6, 6.07) is 18.8. The first kappa shape index (κ1) is 21.5. The first-order chi connectivity index (χ1) is 15.4. The summed E-state index contributed by atoms with van der Waals surface area (Å²) in [6.45, 7) is 0.403. The molecular weight excluding hydrogens is 431 g/mol. The minimum atomic E-state index is -4.05. The predicted octanol–water partition coefficient (Wildman–Crippen LogP) is 3.87. The average Bonchev–Trinajstić information content (AvgIpc) is 3.21. The Morgan fingerprint density at radius 1 is 1.00 bits per heavy atom. The van der Waals surface area contributed by atoms with Gasteiger partial charge in [-0.05, 0) is 48.9 Å². The Kier molecular flexibility index (Phi) is 6.18. The molecule has 0 saturated carbocycles. The summed E-state index contributed by atoms with van der Waals surface area (Å²) < 4.78 is 41.2. The second-order valence-corrected chi connectivity index (χ2v) is 8.86. The number of rotatable bonds is 8. The maximum absolute atomic E-state index is 13.8. The highest BCUT2D eigenvalue weighted by Crippen LogP contribution is 2.19. The molecule has 0 spiro atoms. The third-order valence-corrected chi connectivity index (χ3v) is 6.20. The van der Waals surface area contributed by atoms with Crippen LogP contribution in [0.2, 0.25) is 0 Å². The second kappa shape index (κ2) is 9.19. The smallest absolute Gasteiger partial charge is 0.262 e. The van der Waals surface area contributed by atoms with Crippen LogP contribution < -0.4 is 10.0 Å². The fourth-order valence-electron chi connectivity index (χ4n) is 3.24. The zero-order valence-electron chi connectivity index (χ0n) is 17.0. The molecule has 4 rings (SSSR count). The maximum Gasteiger partial charge on any atom is 0.262 e. The van der Waals surface area contributed by atoms with Crippen molar-refractivity contribution in [2.75, 3.05) is 11.3 Å². The van der Waals surface area contributed by atoms with Crippen molar-refractivity contribution in [2.45, 2.75) is 17.7 Å². The summed E-state index contributed by atoms with van der Waals surface area (Å²) in [5, 5.41) is 2.78. The number of carbonyl (C=O) groups excluding carboxylic acids is 1. The number of nitrogens with one attached hydrogen (secondary N) is 3. The van der Waals surface area contributed by atoms with Gasteiger partial charge in [0.1, 0.15) is 11.6 Å². The van der Waals surface area contributed by atoms with Crippen molar-refractivity contribution in [3.8, 4) is 0 Å². The molecule has 0 bridgehead atoms. The van der Waals surface area contributed by atoms with Crippen LogP contribution in [0.4, 0.5) is 10.1 Å². The highest BCUT2D eigenvalue weighted by Gasteiger charge is 2.18. The number of benzene rings is 3. The molecule has 164 valence electrons. The van der Waals surface area contributed by atoms with Gasteiger partial charge in [0.2, 0.25) is 0 Å². The number of hydrogen-bond acceptors (Lipinski definition) is 4. The van der Waals surface area contributed by atoms with E-state index in [0.717, 1.165) is 22.9 Å². The number of aromatic nitrogens is 2. The van der Waals surface area contributed by atoms with Gasteiger partial charge >= 0.3 is 0 Å². The highest BCUT2D eigenvalue weighted by molar-refractivity contribution is 7.92. The largest absolute Gasteiger partial charge is 0.352 e. The molecule has 9 heteroatoms. The molecule has 3 aromatic carbocycles. The Hall–Kier alpha value is -3.72. The highest BCUT2D eigenvalue weighted by atomic mass is 32.2. The summed E-state index contributed by atoms with van der Waals surface area (Å²) in [6.07, 6.45) is 1.33. The van der Waals surface area contributed by atoms with Gasteiger partial charge in [-0.15, -0.1) is 0 Å². The standard InChI is InChI=1S/C23H21FN4O3S/c24-18-9-1-2-10-19(18)28-32(30,31)17-8-5-7-16(15-17)23(29)25-14-6-13-22-26-20-11-3-4-12-21(20)27-22/h1-5,7-12,15,28H,6,13-14H2,(H,25,29)(H,26,27). The monoisotopic (exact) mass is 452 g/mol. The minimum Gasteiger partial charge on any atom is -0.352 e. The number of para-hydroxylation sites is 3. The summed E-state index contributed by atoms with van der Waals surface area (Å²) in [7, 11) is -4.05. The molecule has 0 saturated heterocycles. The molecule has 0 aliphatic heterocycles. The quantitative estimate of drug-likeness (QED) is 0.353. The summed E-state index contributed by atoms with van der Waals surface area (Å²) >= 11 is 0. The number of imidazole rings is 1. The van der Waals surface area contributed by atoms with Crippen molar-refractivity contribution >= 4 is 32.7 Å². The Balaban J connectivity index is 1.36. The van der Waals surface area contributed by atoms with Gasteiger partial charge in [0.25, 0.3) is 15.9 Å². The Labute approximate surface area is 184 Å². The van der Waals surface area contributed by atoms with Gasteiger partial charge in [-0.25, -0.2) is 17.8 Å². The third kappa shape index (κ3) is 4.94. The third-order valence-electron chi connectivity index (χ3n) is 4.84. The van der Waals surface area contributed by atoms with Gasteiger partial charge in [0, 0.05) is 18.5 Å². The van der Waals surface area contributed by atoms with Crippen molar-refractivity contribution in [3.63, 3.8) is 0 Å². The van der Waals surface area contributed by atoms with Crippen LogP contribution in [0.3, 0.4) is 0 Å². The van der Waals surface area contributed by atoms with Gasteiger partial charge < -0.3 is 10.3 Å². The van der Waals surface area contributed by atoms with Crippen LogP contribution in [-0.4, -0.2) is 30.8 Å². The lowest BCUT2D eigenvalue weighted by Crippen LogP contribution is -2.25. The minimum absolute atomic E-state index is 0.129. The second-order valence-electron chi connectivity index (χ2n) is 7.17. The van der Waals surface area contributed by atoms with E-state index in [0.29, 0.717) is 19.4 Å². The van der Waals surface area contributed by atoms with Crippen molar-refractivity contribution in [1.29, 1.82) is 0 Å². The van der Waals surface area contributed by atoms with E-state index >= 15 is 0 Å². The van der Waals surface area contributed by atoms with Crippen molar-refractivity contribution < 1.29 is 17.6 Å². The normalized spacial score (nSPS) is 11.4. The van der Waals surface area contributed by atoms with E-state index in [1.807, 2.05) is 24.3 Å². The molecule has 0 radical (unpaired) electrons. The Morgan fingerprint density at radius 2 is 1.78 bits per heavy atom. The average molecular weight is 453 g/mol. The SMILES string of the molecule is O=C(NCCCc1nc2ccccc2[nH]1)c1cccc(S(=O)(=O)Nc2ccccc2F)c1. The molecule has 0 aliphatic rings. The Morgan fingerprint density at radius 3 is 2.59 bits per heavy atom. The van der Waals surface area contributed by atoms with Crippen LogP contribution >= 0.6 is 0 Å². The first-order valence-corrected chi connectivity index (χ1v) is 11.5. The topological polar surface area (TPSA) is 104 Å². The number of aryl methyl sites for hydroxylation is 1. The van der Waals surface area contributed by atoms with E-state index in [9.17, 15) is 17.6 Å².